The van der Waals surface area contributed by atoms with E-state index in [1.54, 1.807) is 12.3 Å². The molecule has 2 unspecified atom stereocenters. The van der Waals surface area contributed by atoms with Gasteiger partial charge in [0.15, 0.2) is 0 Å². The number of amides is 1. The standard InChI is InChI=1S/C14H19ClN2O/c1-9-4-3-5-11(9)7-17-14(18)12-8-16-10(2)6-13(12)15/h6,8-9,11H,3-5,7H2,1-2H3,(H,17,18). The predicted octanol–water partition coefficient (Wildman–Crippen LogP) is 3.21. The highest BCUT2D eigenvalue weighted by Gasteiger charge is 2.24. The molecule has 0 aliphatic heterocycles. The molecule has 0 bridgehead atoms. The van der Waals surface area contributed by atoms with Crippen molar-refractivity contribution in [3.05, 3.63) is 28.5 Å². The number of nitrogens with one attached hydrogen (secondary N) is 1. The second kappa shape index (κ2) is 5.70. The Morgan fingerprint density at radius 2 is 2.33 bits per heavy atom. The Bertz CT molecular complexity index is 447. The van der Waals surface area contributed by atoms with Crippen LogP contribution in [0.4, 0.5) is 0 Å². The van der Waals surface area contributed by atoms with E-state index in [0.717, 1.165) is 12.2 Å². The lowest BCUT2D eigenvalue weighted by Gasteiger charge is -2.16. The number of hydrogen-bond donors (Lipinski definition) is 1. The van der Waals surface area contributed by atoms with Crippen LogP contribution >= 0.6 is 11.6 Å². The van der Waals surface area contributed by atoms with Crippen LogP contribution in [-0.2, 0) is 0 Å². The van der Waals surface area contributed by atoms with Gasteiger partial charge in [-0.2, -0.15) is 0 Å². The summed E-state index contributed by atoms with van der Waals surface area (Å²) in [5, 5.41) is 3.44. The van der Waals surface area contributed by atoms with Crippen molar-refractivity contribution < 1.29 is 4.79 Å². The number of nitrogens with zero attached hydrogens (tertiary/aromatic N) is 1. The second-order valence-corrected chi connectivity index (χ2v) is 5.59. The van der Waals surface area contributed by atoms with Gasteiger partial charge in [0.2, 0.25) is 0 Å². The summed E-state index contributed by atoms with van der Waals surface area (Å²) in [5.41, 5.74) is 1.29. The summed E-state index contributed by atoms with van der Waals surface area (Å²) >= 11 is 6.05. The van der Waals surface area contributed by atoms with Crippen molar-refractivity contribution in [2.45, 2.75) is 33.1 Å². The quantitative estimate of drug-likeness (QED) is 0.913. The minimum absolute atomic E-state index is 0.119. The third-order valence-corrected chi connectivity index (χ3v) is 4.11. The highest BCUT2D eigenvalue weighted by molar-refractivity contribution is 6.33. The topological polar surface area (TPSA) is 42.0 Å². The van der Waals surface area contributed by atoms with E-state index in [1.807, 2.05) is 6.92 Å². The Balaban J connectivity index is 1.95. The van der Waals surface area contributed by atoms with Crippen molar-refractivity contribution in [1.82, 2.24) is 10.3 Å². The van der Waals surface area contributed by atoms with Crippen molar-refractivity contribution in [2.24, 2.45) is 11.8 Å². The van der Waals surface area contributed by atoms with E-state index in [1.165, 1.54) is 19.3 Å². The van der Waals surface area contributed by atoms with Gasteiger partial charge in [-0.3, -0.25) is 9.78 Å². The first kappa shape index (κ1) is 13.3. The Kier molecular flexibility index (Phi) is 4.23. The summed E-state index contributed by atoms with van der Waals surface area (Å²) in [6.07, 6.45) is 5.30. The lowest BCUT2D eigenvalue weighted by molar-refractivity contribution is 0.0944. The van der Waals surface area contributed by atoms with Crippen molar-refractivity contribution in [3.8, 4) is 0 Å². The molecule has 1 aromatic heterocycles. The van der Waals surface area contributed by atoms with Crippen molar-refractivity contribution in [2.75, 3.05) is 6.54 Å². The van der Waals surface area contributed by atoms with Gasteiger partial charge >= 0.3 is 0 Å². The number of hydrogen-bond acceptors (Lipinski definition) is 2. The van der Waals surface area contributed by atoms with E-state index in [-0.39, 0.29) is 5.91 Å². The summed E-state index contributed by atoms with van der Waals surface area (Å²) in [7, 11) is 0. The molecule has 0 saturated heterocycles. The molecular formula is C14H19ClN2O. The van der Waals surface area contributed by atoms with Gasteiger partial charge in [-0.15, -0.1) is 0 Å². The maximum Gasteiger partial charge on any atom is 0.254 e. The zero-order valence-corrected chi connectivity index (χ0v) is 11.6. The first-order chi connectivity index (χ1) is 8.58. The number of aromatic nitrogens is 1. The molecule has 2 rings (SSSR count). The molecule has 1 heterocycles. The third kappa shape index (κ3) is 3.02. The molecule has 1 saturated carbocycles. The van der Waals surface area contributed by atoms with E-state index in [4.69, 9.17) is 11.6 Å². The summed E-state index contributed by atoms with van der Waals surface area (Å²) in [6, 6.07) is 1.72. The van der Waals surface area contributed by atoms with Gasteiger partial charge in [-0.25, -0.2) is 0 Å². The summed E-state index contributed by atoms with van der Waals surface area (Å²) in [4.78, 5) is 16.1. The van der Waals surface area contributed by atoms with E-state index < -0.39 is 0 Å². The first-order valence-electron chi connectivity index (χ1n) is 6.48. The fourth-order valence-corrected chi connectivity index (χ4v) is 2.83. The average Bonchev–Trinajstić information content (AvgIpc) is 2.72. The minimum Gasteiger partial charge on any atom is -0.352 e. The number of carbonyl (C=O) groups excluding carboxylic acids is 1. The van der Waals surface area contributed by atoms with Crippen LogP contribution in [0.1, 0.15) is 42.2 Å². The monoisotopic (exact) mass is 266 g/mol. The van der Waals surface area contributed by atoms with Crippen LogP contribution in [0.15, 0.2) is 12.3 Å². The molecule has 1 aliphatic rings. The molecule has 0 radical (unpaired) electrons. The van der Waals surface area contributed by atoms with Gasteiger partial charge in [-0.1, -0.05) is 31.4 Å². The third-order valence-electron chi connectivity index (χ3n) is 3.80. The van der Waals surface area contributed by atoms with Crippen molar-refractivity contribution in [3.63, 3.8) is 0 Å². The SMILES string of the molecule is Cc1cc(Cl)c(C(=O)NCC2CCCC2C)cn1. The van der Waals surface area contributed by atoms with Crippen LogP contribution in [0.2, 0.25) is 5.02 Å². The van der Waals surface area contributed by atoms with Gasteiger partial charge in [0.1, 0.15) is 0 Å². The molecule has 1 N–H and O–H groups in total. The number of carbonyl (C=O) groups is 1. The van der Waals surface area contributed by atoms with E-state index in [0.29, 0.717) is 22.4 Å². The molecule has 0 aromatic carbocycles. The summed E-state index contributed by atoms with van der Waals surface area (Å²) in [5.74, 6) is 1.19. The molecule has 3 nitrogen and oxygen atoms in total. The zero-order chi connectivity index (χ0) is 13.1. The van der Waals surface area contributed by atoms with Crippen LogP contribution in [0.25, 0.3) is 0 Å². The highest BCUT2D eigenvalue weighted by Crippen LogP contribution is 2.30. The van der Waals surface area contributed by atoms with Gasteiger partial charge in [0, 0.05) is 18.4 Å². The van der Waals surface area contributed by atoms with Crippen LogP contribution in [0.5, 0.6) is 0 Å². The number of aryl methyl sites for hydroxylation is 1. The van der Waals surface area contributed by atoms with Gasteiger partial charge < -0.3 is 5.32 Å². The fraction of sp³-hybridized carbons (Fsp3) is 0.571. The molecule has 1 fully saturated rings. The Morgan fingerprint density at radius 1 is 1.56 bits per heavy atom. The second-order valence-electron chi connectivity index (χ2n) is 5.18. The lowest BCUT2D eigenvalue weighted by atomic mass is 9.98. The zero-order valence-electron chi connectivity index (χ0n) is 10.9. The summed E-state index contributed by atoms with van der Waals surface area (Å²) in [6.45, 7) is 4.85. The first-order valence-corrected chi connectivity index (χ1v) is 6.86. The van der Waals surface area contributed by atoms with Crippen molar-refractivity contribution in [1.29, 1.82) is 0 Å². The largest absolute Gasteiger partial charge is 0.352 e. The number of rotatable bonds is 3. The molecule has 98 valence electrons. The minimum atomic E-state index is -0.119. The highest BCUT2D eigenvalue weighted by atomic mass is 35.5. The Labute approximate surface area is 113 Å². The molecule has 0 spiro atoms. The summed E-state index contributed by atoms with van der Waals surface area (Å²) < 4.78 is 0. The molecule has 1 amide bonds. The van der Waals surface area contributed by atoms with Gasteiger partial charge in [-0.05, 0) is 31.2 Å². The molecule has 2 atom stereocenters. The maximum absolute atomic E-state index is 12.0. The van der Waals surface area contributed by atoms with Gasteiger partial charge in [0.05, 0.1) is 10.6 Å². The molecule has 1 aromatic rings. The van der Waals surface area contributed by atoms with Crippen LogP contribution < -0.4 is 5.32 Å². The number of halogens is 1. The molecule has 18 heavy (non-hydrogen) atoms. The van der Waals surface area contributed by atoms with E-state index >= 15 is 0 Å². The smallest absolute Gasteiger partial charge is 0.254 e. The molecule has 1 aliphatic carbocycles. The maximum atomic E-state index is 12.0. The lowest BCUT2D eigenvalue weighted by Crippen LogP contribution is -2.30. The Hall–Kier alpha value is -1.09. The van der Waals surface area contributed by atoms with Crippen molar-refractivity contribution >= 4 is 17.5 Å². The van der Waals surface area contributed by atoms with Crippen LogP contribution in [0, 0.1) is 18.8 Å². The van der Waals surface area contributed by atoms with Crippen LogP contribution in [0.3, 0.4) is 0 Å². The average molecular weight is 267 g/mol. The van der Waals surface area contributed by atoms with Crippen LogP contribution in [-0.4, -0.2) is 17.4 Å². The fourth-order valence-electron chi connectivity index (χ4n) is 2.54. The Morgan fingerprint density at radius 3 is 2.94 bits per heavy atom. The molecule has 4 heteroatoms. The predicted molar refractivity (Wildman–Crippen MR) is 72.8 cm³/mol. The van der Waals surface area contributed by atoms with E-state index in [2.05, 4.69) is 17.2 Å². The van der Waals surface area contributed by atoms with Gasteiger partial charge in [0.25, 0.3) is 5.91 Å². The number of pyridine rings is 1. The normalized spacial score (nSPS) is 23.1. The molecular weight excluding hydrogens is 248 g/mol. The van der Waals surface area contributed by atoms with E-state index in [9.17, 15) is 4.79 Å².